The minimum Gasteiger partial charge on any atom is -0.354 e. The van der Waals surface area contributed by atoms with Crippen LogP contribution in [0.2, 0.25) is 0 Å². The van der Waals surface area contributed by atoms with E-state index in [2.05, 4.69) is 66.6 Å². The van der Waals surface area contributed by atoms with Crippen LogP contribution in [-0.2, 0) is 5.41 Å². The number of halogens is 1. The van der Waals surface area contributed by atoms with E-state index in [0.717, 1.165) is 28.0 Å². The lowest BCUT2D eigenvalue weighted by Crippen LogP contribution is -2.20. The van der Waals surface area contributed by atoms with Crippen LogP contribution in [0.3, 0.4) is 0 Å². The summed E-state index contributed by atoms with van der Waals surface area (Å²) in [5, 5.41) is 6.77. The first-order valence-corrected chi connectivity index (χ1v) is 8.86. The fourth-order valence-corrected chi connectivity index (χ4v) is 3.65. The summed E-state index contributed by atoms with van der Waals surface area (Å²) in [6.07, 6.45) is 2.44. The maximum Gasteiger partial charge on any atom is 0.253 e. The number of aromatic amines is 1. The molecule has 1 fully saturated rings. The number of hydrogen-bond donors (Lipinski definition) is 2. The maximum atomic E-state index is 4.57. The van der Waals surface area contributed by atoms with E-state index in [1.54, 1.807) is 0 Å². The lowest BCUT2D eigenvalue weighted by molar-refractivity contribution is 0.727. The quantitative estimate of drug-likeness (QED) is 0.558. The van der Waals surface area contributed by atoms with Crippen molar-refractivity contribution in [1.82, 2.24) is 19.6 Å². The Morgan fingerprint density at radius 2 is 1.96 bits per heavy atom. The third kappa shape index (κ3) is 2.21. The van der Waals surface area contributed by atoms with Gasteiger partial charge in [-0.3, -0.25) is 5.10 Å². The van der Waals surface area contributed by atoms with Gasteiger partial charge in [-0.25, -0.2) is 9.50 Å². The molecule has 2 heterocycles. The topological polar surface area (TPSA) is 58.0 Å². The van der Waals surface area contributed by atoms with Gasteiger partial charge >= 0.3 is 0 Å². The molecule has 1 aliphatic carbocycles. The van der Waals surface area contributed by atoms with Crippen LogP contribution in [0.25, 0.3) is 16.8 Å². The van der Waals surface area contributed by atoms with Gasteiger partial charge in [0, 0.05) is 16.4 Å². The number of anilines is 1. The van der Waals surface area contributed by atoms with Gasteiger partial charge in [0.15, 0.2) is 0 Å². The van der Waals surface area contributed by atoms with Crippen LogP contribution in [-0.4, -0.2) is 26.1 Å². The summed E-state index contributed by atoms with van der Waals surface area (Å²) in [7, 11) is 0. The highest BCUT2D eigenvalue weighted by atomic mass is 79.9. The van der Waals surface area contributed by atoms with E-state index >= 15 is 0 Å². The molecule has 4 aromatic rings. The van der Waals surface area contributed by atoms with Crippen LogP contribution in [0.15, 0.2) is 53.0 Å². The molecule has 2 aromatic carbocycles. The summed E-state index contributed by atoms with van der Waals surface area (Å²) < 4.78 is 2.94. The van der Waals surface area contributed by atoms with E-state index < -0.39 is 0 Å². The summed E-state index contributed by atoms with van der Waals surface area (Å²) in [6.45, 7) is 0.886. The molecule has 0 atom stereocenters. The summed E-state index contributed by atoms with van der Waals surface area (Å²) in [4.78, 5) is 9.14. The molecule has 24 heavy (non-hydrogen) atoms. The highest BCUT2D eigenvalue weighted by Gasteiger charge is 2.44. The minimum absolute atomic E-state index is 0.253. The zero-order valence-electron chi connectivity index (χ0n) is 13.0. The predicted molar refractivity (Wildman–Crippen MR) is 98.4 cm³/mol. The molecule has 2 N–H and O–H groups in total. The molecule has 2 aromatic heterocycles. The number of fused-ring (bicyclic) bond motifs is 3. The molecular weight excluding hydrogens is 366 g/mol. The number of nitrogens with one attached hydrogen (secondary N) is 2. The lowest BCUT2D eigenvalue weighted by atomic mass is 9.96. The van der Waals surface area contributed by atoms with Crippen molar-refractivity contribution in [2.75, 3.05) is 11.9 Å². The van der Waals surface area contributed by atoms with Gasteiger partial charge in [0.25, 0.3) is 5.78 Å². The van der Waals surface area contributed by atoms with Crippen molar-refractivity contribution in [3.05, 3.63) is 58.6 Å². The standard InChI is InChI=1S/C18H16BrN5/c19-13-6-7-15-14(10-13)21-17-22-16(23-24(15)17)20-11-18(8-9-18)12-4-2-1-3-5-12/h1-7,10H,8-9,11H2,(H2,20,21,22,23). The first kappa shape index (κ1) is 14.0. The number of hydrogen-bond acceptors (Lipinski definition) is 3. The van der Waals surface area contributed by atoms with E-state index in [4.69, 9.17) is 0 Å². The molecule has 5 rings (SSSR count). The first-order valence-electron chi connectivity index (χ1n) is 8.07. The average molecular weight is 382 g/mol. The molecular formula is C18H16BrN5. The average Bonchev–Trinajstić information content (AvgIpc) is 3.18. The summed E-state index contributed by atoms with van der Waals surface area (Å²) >= 11 is 3.48. The molecule has 0 radical (unpaired) electrons. The second-order valence-electron chi connectivity index (χ2n) is 6.45. The van der Waals surface area contributed by atoms with Crippen molar-refractivity contribution < 1.29 is 0 Å². The molecule has 0 aliphatic heterocycles. The van der Waals surface area contributed by atoms with Crippen LogP contribution in [0.4, 0.5) is 5.95 Å². The number of H-pyrrole nitrogens is 1. The summed E-state index contributed by atoms with van der Waals surface area (Å²) in [5.74, 6) is 1.46. The number of nitrogens with zero attached hydrogens (tertiary/aromatic N) is 3. The van der Waals surface area contributed by atoms with Crippen LogP contribution in [0.1, 0.15) is 18.4 Å². The van der Waals surface area contributed by atoms with Gasteiger partial charge in [-0.05, 0) is 36.6 Å². The van der Waals surface area contributed by atoms with Crippen molar-refractivity contribution in [1.29, 1.82) is 0 Å². The van der Waals surface area contributed by atoms with E-state index in [1.165, 1.54) is 18.4 Å². The third-order valence-electron chi connectivity index (χ3n) is 4.86. The summed E-state index contributed by atoms with van der Waals surface area (Å²) in [6, 6.07) is 16.8. The molecule has 6 heteroatoms. The Labute approximate surface area is 147 Å². The Morgan fingerprint density at radius 1 is 1.12 bits per heavy atom. The normalized spacial score (nSPS) is 15.9. The fraction of sp³-hybridized carbons (Fsp3) is 0.222. The SMILES string of the molecule is Brc1ccc2c(c1)nc1nc(NCC3(c4ccccc4)CC3)[nH]n12. The van der Waals surface area contributed by atoms with Crippen LogP contribution < -0.4 is 5.32 Å². The van der Waals surface area contributed by atoms with E-state index in [-0.39, 0.29) is 5.41 Å². The highest BCUT2D eigenvalue weighted by Crippen LogP contribution is 2.47. The van der Waals surface area contributed by atoms with Crippen LogP contribution >= 0.6 is 15.9 Å². The van der Waals surface area contributed by atoms with E-state index in [0.29, 0.717) is 5.78 Å². The first-order chi connectivity index (χ1) is 11.7. The van der Waals surface area contributed by atoms with E-state index in [1.807, 2.05) is 22.7 Å². The van der Waals surface area contributed by atoms with Crippen LogP contribution in [0, 0.1) is 0 Å². The van der Waals surface area contributed by atoms with Gasteiger partial charge in [0.1, 0.15) is 0 Å². The largest absolute Gasteiger partial charge is 0.354 e. The number of rotatable bonds is 4. The molecule has 120 valence electrons. The number of aromatic nitrogens is 4. The second kappa shape index (κ2) is 5.08. The molecule has 0 amide bonds. The van der Waals surface area contributed by atoms with Gasteiger partial charge in [-0.1, -0.05) is 46.3 Å². The van der Waals surface area contributed by atoms with Crippen molar-refractivity contribution >= 4 is 38.7 Å². The maximum absolute atomic E-state index is 4.57. The third-order valence-corrected chi connectivity index (χ3v) is 5.36. The smallest absolute Gasteiger partial charge is 0.253 e. The Bertz CT molecular complexity index is 1030. The van der Waals surface area contributed by atoms with Gasteiger partial charge in [-0.2, -0.15) is 4.98 Å². The molecule has 1 aliphatic rings. The van der Waals surface area contributed by atoms with Crippen molar-refractivity contribution in [3.63, 3.8) is 0 Å². The Morgan fingerprint density at radius 3 is 2.75 bits per heavy atom. The predicted octanol–water partition coefficient (Wildman–Crippen LogP) is 4.12. The Hall–Kier alpha value is -2.34. The molecule has 0 spiro atoms. The zero-order valence-corrected chi connectivity index (χ0v) is 14.5. The second-order valence-corrected chi connectivity index (χ2v) is 7.37. The Balaban J connectivity index is 1.42. The molecule has 5 nitrogen and oxygen atoms in total. The van der Waals surface area contributed by atoms with Gasteiger partial charge < -0.3 is 5.32 Å². The van der Waals surface area contributed by atoms with Crippen LogP contribution in [0.5, 0.6) is 0 Å². The molecule has 0 bridgehead atoms. The number of imidazole rings is 1. The molecule has 0 saturated heterocycles. The number of benzene rings is 2. The zero-order chi connectivity index (χ0) is 16.1. The van der Waals surface area contributed by atoms with Crippen molar-refractivity contribution in [2.24, 2.45) is 0 Å². The molecule has 0 unspecified atom stereocenters. The van der Waals surface area contributed by atoms with Crippen molar-refractivity contribution in [2.45, 2.75) is 18.3 Å². The fourth-order valence-electron chi connectivity index (χ4n) is 3.30. The Kier molecular flexibility index (Phi) is 2.97. The monoisotopic (exact) mass is 381 g/mol. The highest BCUT2D eigenvalue weighted by molar-refractivity contribution is 9.10. The summed E-state index contributed by atoms with van der Waals surface area (Å²) in [5.41, 5.74) is 3.61. The van der Waals surface area contributed by atoms with Gasteiger partial charge in [-0.15, -0.1) is 0 Å². The van der Waals surface area contributed by atoms with Gasteiger partial charge in [0.2, 0.25) is 5.95 Å². The molecule has 1 saturated carbocycles. The lowest BCUT2D eigenvalue weighted by Gasteiger charge is -2.15. The van der Waals surface area contributed by atoms with Crippen molar-refractivity contribution in [3.8, 4) is 0 Å². The van der Waals surface area contributed by atoms with E-state index in [9.17, 15) is 0 Å². The minimum atomic E-state index is 0.253. The van der Waals surface area contributed by atoms with Gasteiger partial charge in [0.05, 0.1) is 11.0 Å².